The topological polar surface area (TPSA) is 73.9 Å². The van der Waals surface area contributed by atoms with Crippen molar-refractivity contribution in [2.75, 3.05) is 26.9 Å². The molecule has 19 heavy (non-hydrogen) atoms. The lowest BCUT2D eigenvalue weighted by Gasteiger charge is -2.30. The van der Waals surface area contributed by atoms with Crippen molar-refractivity contribution < 1.29 is 23.8 Å². The number of carbonyl (C=O) groups is 2. The Bertz CT molecular complexity index is 323. The SMILES string of the molecule is COC(=O)[C@@H]1CCOC[C@H]1CNC(=O)OC(C)(C)C. The van der Waals surface area contributed by atoms with Crippen molar-refractivity contribution >= 4 is 12.1 Å². The van der Waals surface area contributed by atoms with E-state index >= 15 is 0 Å². The summed E-state index contributed by atoms with van der Waals surface area (Å²) >= 11 is 0. The van der Waals surface area contributed by atoms with Crippen molar-refractivity contribution in [2.45, 2.75) is 32.8 Å². The molecule has 0 aromatic rings. The molecule has 6 heteroatoms. The third-order valence-corrected chi connectivity index (χ3v) is 2.89. The lowest BCUT2D eigenvalue weighted by molar-refractivity contribution is -0.151. The number of ether oxygens (including phenoxy) is 3. The summed E-state index contributed by atoms with van der Waals surface area (Å²) in [5, 5.41) is 2.67. The van der Waals surface area contributed by atoms with E-state index in [0.29, 0.717) is 26.2 Å². The molecule has 1 heterocycles. The van der Waals surface area contributed by atoms with Crippen molar-refractivity contribution in [2.24, 2.45) is 11.8 Å². The molecule has 0 spiro atoms. The van der Waals surface area contributed by atoms with Gasteiger partial charge in [-0.25, -0.2) is 4.79 Å². The van der Waals surface area contributed by atoms with Crippen molar-refractivity contribution in [3.8, 4) is 0 Å². The molecule has 0 radical (unpaired) electrons. The van der Waals surface area contributed by atoms with Crippen LogP contribution in [0.3, 0.4) is 0 Å². The molecule has 1 amide bonds. The van der Waals surface area contributed by atoms with Crippen LogP contribution < -0.4 is 5.32 Å². The Hall–Kier alpha value is -1.30. The lowest BCUT2D eigenvalue weighted by atomic mass is 9.88. The average molecular weight is 273 g/mol. The summed E-state index contributed by atoms with van der Waals surface area (Å²) in [5.41, 5.74) is -0.533. The number of hydrogen-bond donors (Lipinski definition) is 1. The standard InChI is InChI=1S/C13H23NO5/c1-13(2,3)19-12(16)14-7-9-8-18-6-5-10(9)11(15)17-4/h9-10H,5-8H2,1-4H3,(H,14,16)/t9-,10-/m1/s1. The number of carbonyl (C=O) groups excluding carboxylic acids is 2. The normalized spacial score (nSPS) is 23.6. The smallest absolute Gasteiger partial charge is 0.407 e. The minimum absolute atomic E-state index is 0.0753. The molecule has 0 aliphatic carbocycles. The van der Waals surface area contributed by atoms with Crippen LogP contribution >= 0.6 is 0 Å². The zero-order valence-electron chi connectivity index (χ0n) is 12.0. The van der Waals surface area contributed by atoms with Gasteiger partial charge >= 0.3 is 12.1 Å². The van der Waals surface area contributed by atoms with Gasteiger partial charge in [0.15, 0.2) is 0 Å². The van der Waals surface area contributed by atoms with Crippen LogP contribution in [0.5, 0.6) is 0 Å². The van der Waals surface area contributed by atoms with Gasteiger partial charge < -0.3 is 19.5 Å². The Labute approximate surface area is 113 Å². The number of amides is 1. The number of hydrogen-bond acceptors (Lipinski definition) is 5. The second-order valence-corrected chi connectivity index (χ2v) is 5.64. The predicted octanol–water partition coefficient (Wildman–Crippen LogP) is 1.34. The van der Waals surface area contributed by atoms with Gasteiger partial charge in [-0.05, 0) is 27.2 Å². The van der Waals surface area contributed by atoms with Gasteiger partial charge in [-0.1, -0.05) is 0 Å². The summed E-state index contributed by atoms with van der Waals surface area (Å²) in [6.07, 6.45) is 0.134. The first-order valence-electron chi connectivity index (χ1n) is 6.46. The molecular formula is C13H23NO5. The van der Waals surface area contributed by atoms with Crippen LogP contribution in [-0.4, -0.2) is 44.5 Å². The van der Waals surface area contributed by atoms with Crippen LogP contribution in [0.15, 0.2) is 0 Å². The Morgan fingerprint density at radius 1 is 1.37 bits per heavy atom. The Kier molecular flexibility index (Phi) is 5.60. The van der Waals surface area contributed by atoms with Gasteiger partial charge in [-0.2, -0.15) is 0 Å². The molecule has 0 unspecified atom stereocenters. The van der Waals surface area contributed by atoms with Crippen LogP contribution in [0.25, 0.3) is 0 Å². The van der Waals surface area contributed by atoms with Crippen molar-refractivity contribution in [3.05, 3.63) is 0 Å². The first-order valence-corrected chi connectivity index (χ1v) is 6.46. The maximum Gasteiger partial charge on any atom is 0.407 e. The molecular weight excluding hydrogens is 250 g/mol. The lowest BCUT2D eigenvalue weighted by Crippen LogP contribution is -2.42. The highest BCUT2D eigenvalue weighted by atomic mass is 16.6. The van der Waals surface area contributed by atoms with Gasteiger partial charge in [-0.15, -0.1) is 0 Å². The molecule has 0 aromatic carbocycles. The highest BCUT2D eigenvalue weighted by molar-refractivity contribution is 5.73. The second-order valence-electron chi connectivity index (χ2n) is 5.64. The summed E-state index contributed by atoms with van der Waals surface area (Å²) in [4.78, 5) is 23.2. The molecule has 1 aliphatic heterocycles. The number of methoxy groups -OCH3 is 1. The fraction of sp³-hybridized carbons (Fsp3) is 0.846. The molecule has 0 aromatic heterocycles. The molecule has 6 nitrogen and oxygen atoms in total. The summed E-state index contributed by atoms with van der Waals surface area (Å²) in [6.45, 7) is 6.72. The maximum absolute atomic E-state index is 11.6. The minimum atomic E-state index is -0.533. The Morgan fingerprint density at radius 3 is 2.63 bits per heavy atom. The van der Waals surface area contributed by atoms with Crippen LogP contribution in [0.1, 0.15) is 27.2 Å². The van der Waals surface area contributed by atoms with Gasteiger partial charge in [-0.3, -0.25) is 4.79 Å². The number of nitrogens with one attached hydrogen (secondary N) is 1. The number of esters is 1. The fourth-order valence-electron chi connectivity index (χ4n) is 1.99. The molecule has 1 aliphatic rings. The summed E-state index contributed by atoms with van der Waals surface area (Å²) in [5.74, 6) is -0.554. The van der Waals surface area contributed by atoms with Crippen molar-refractivity contribution in [1.29, 1.82) is 0 Å². The van der Waals surface area contributed by atoms with Gasteiger partial charge in [0.2, 0.25) is 0 Å². The molecule has 2 atom stereocenters. The van der Waals surface area contributed by atoms with E-state index in [9.17, 15) is 9.59 Å². The highest BCUT2D eigenvalue weighted by Crippen LogP contribution is 2.22. The molecule has 0 saturated carbocycles. The maximum atomic E-state index is 11.6. The Morgan fingerprint density at radius 2 is 2.05 bits per heavy atom. The van der Waals surface area contributed by atoms with Crippen LogP contribution in [0.4, 0.5) is 4.79 Å². The van der Waals surface area contributed by atoms with Crippen LogP contribution in [0.2, 0.25) is 0 Å². The quantitative estimate of drug-likeness (QED) is 0.785. The molecule has 0 bridgehead atoms. The first-order chi connectivity index (χ1) is 8.83. The summed E-state index contributed by atoms with van der Waals surface area (Å²) in [6, 6.07) is 0. The second kappa shape index (κ2) is 6.75. The zero-order valence-corrected chi connectivity index (χ0v) is 12.0. The third-order valence-electron chi connectivity index (χ3n) is 2.89. The van der Waals surface area contributed by atoms with Gasteiger partial charge in [0.25, 0.3) is 0 Å². The van der Waals surface area contributed by atoms with E-state index in [4.69, 9.17) is 14.2 Å². The van der Waals surface area contributed by atoms with Gasteiger partial charge in [0.1, 0.15) is 5.60 Å². The summed E-state index contributed by atoms with van der Waals surface area (Å²) < 4.78 is 15.3. The average Bonchev–Trinajstić information content (AvgIpc) is 2.33. The first kappa shape index (κ1) is 15.8. The fourth-order valence-corrected chi connectivity index (χ4v) is 1.99. The van der Waals surface area contributed by atoms with E-state index < -0.39 is 11.7 Å². The number of alkyl carbamates (subject to hydrolysis) is 1. The van der Waals surface area contributed by atoms with Crippen LogP contribution in [-0.2, 0) is 19.0 Å². The molecule has 1 saturated heterocycles. The molecule has 1 N–H and O–H groups in total. The van der Waals surface area contributed by atoms with E-state index in [1.807, 2.05) is 0 Å². The van der Waals surface area contributed by atoms with Crippen LogP contribution in [0, 0.1) is 11.8 Å². The third kappa shape index (κ3) is 5.46. The molecule has 1 rings (SSSR count). The van der Waals surface area contributed by atoms with E-state index in [1.165, 1.54) is 7.11 Å². The summed E-state index contributed by atoms with van der Waals surface area (Å²) in [7, 11) is 1.37. The molecule has 1 fully saturated rings. The van der Waals surface area contributed by atoms with Crippen molar-refractivity contribution in [1.82, 2.24) is 5.32 Å². The van der Waals surface area contributed by atoms with Crippen molar-refractivity contribution in [3.63, 3.8) is 0 Å². The number of rotatable bonds is 3. The zero-order chi connectivity index (χ0) is 14.5. The van der Waals surface area contributed by atoms with Gasteiger partial charge in [0.05, 0.1) is 19.6 Å². The van der Waals surface area contributed by atoms with E-state index in [1.54, 1.807) is 20.8 Å². The largest absolute Gasteiger partial charge is 0.469 e. The predicted molar refractivity (Wildman–Crippen MR) is 68.7 cm³/mol. The van der Waals surface area contributed by atoms with E-state index in [2.05, 4.69) is 5.32 Å². The minimum Gasteiger partial charge on any atom is -0.469 e. The monoisotopic (exact) mass is 273 g/mol. The van der Waals surface area contributed by atoms with E-state index in [0.717, 1.165) is 0 Å². The highest BCUT2D eigenvalue weighted by Gasteiger charge is 2.32. The molecule has 110 valence electrons. The van der Waals surface area contributed by atoms with Gasteiger partial charge in [0, 0.05) is 19.1 Å². The Balaban J connectivity index is 2.45. The van der Waals surface area contributed by atoms with E-state index in [-0.39, 0.29) is 17.8 Å².